The average molecular weight is 280 g/mol. The molecule has 1 amide bonds. The molecule has 0 saturated carbocycles. The molecule has 1 aromatic rings. The first-order valence-electron chi connectivity index (χ1n) is 6.88. The van der Waals surface area contributed by atoms with Crippen LogP contribution in [0.1, 0.15) is 23.7 Å². The van der Waals surface area contributed by atoms with Gasteiger partial charge in [0.25, 0.3) is 5.91 Å². The summed E-state index contributed by atoms with van der Waals surface area (Å²) in [6, 6.07) is 1.79. The van der Waals surface area contributed by atoms with Crippen molar-refractivity contribution in [3.05, 3.63) is 23.6 Å². The smallest absolute Gasteiger partial charge is 0.257 e. The topological polar surface area (TPSA) is 48.5 Å². The minimum atomic E-state index is -0.562. The number of amides is 1. The van der Waals surface area contributed by atoms with Crippen molar-refractivity contribution in [1.29, 1.82) is 0 Å². The van der Waals surface area contributed by atoms with E-state index in [0.29, 0.717) is 25.7 Å². The van der Waals surface area contributed by atoms with Crippen molar-refractivity contribution in [1.82, 2.24) is 14.8 Å². The third-order valence-electron chi connectivity index (χ3n) is 3.64. The molecule has 2 heterocycles. The lowest BCUT2D eigenvalue weighted by atomic mass is 10.2. The molecule has 1 unspecified atom stereocenters. The molecular formula is C14H21FN4O. The number of likely N-dealkylation sites (tertiary alicyclic amines) is 1. The Kier molecular flexibility index (Phi) is 4.54. The molecule has 1 N–H and O–H groups in total. The number of pyridine rings is 1. The standard InChI is InChI=1S/C14H21FN4O/c1-4-16-13-12(15)11(5-7-17-13)14(20)19-8-6-10(9-19)18(2)3/h5,7,10H,4,6,8-9H2,1-3H3,(H,16,17). The van der Waals surface area contributed by atoms with E-state index in [0.717, 1.165) is 6.42 Å². The van der Waals surface area contributed by atoms with Gasteiger partial charge in [-0.05, 0) is 33.5 Å². The van der Waals surface area contributed by atoms with Crippen molar-refractivity contribution < 1.29 is 9.18 Å². The Labute approximate surface area is 118 Å². The molecule has 5 nitrogen and oxygen atoms in total. The van der Waals surface area contributed by atoms with Crippen LogP contribution in [0.3, 0.4) is 0 Å². The lowest BCUT2D eigenvalue weighted by Crippen LogP contribution is -2.35. The number of anilines is 1. The van der Waals surface area contributed by atoms with Crippen LogP contribution < -0.4 is 5.32 Å². The first-order chi connectivity index (χ1) is 9.54. The fraction of sp³-hybridized carbons (Fsp3) is 0.571. The van der Waals surface area contributed by atoms with Crippen LogP contribution in [0.4, 0.5) is 10.2 Å². The number of carbonyl (C=O) groups excluding carboxylic acids is 1. The Hall–Kier alpha value is -1.69. The van der Waals surface area contributed by atoms with Gasteiger partial charge in [-0.25, -0.2) is 9.37 Å². The zero-order valence-electron chi connectivity index (χ0n) is 12.2. The summed E-state index contributed by atoms with van der Waals surface area (Å²) in [5, 5.41) is 2.82. The van der Waals surface area contributed by atoms with Crippen LogP contribution in [-0.4, -0.2) is 60.5 Å². The highest BCUT2D eigenvalue weighted by Gasteiger charge is 2.29. The molecule has 0 spiro atoms. The highest BCUT2D eigenvalue weighted by Crippen LogP contribution is 2.20. The molecule has 1 saturated heterocycles. The third kappa shape index (κ3) is 2.90. The van der Waals surface area contributed by atoms with E-state index in [9.17, 15) is 9.18 Å². The third-order valence-corrected chi connectivity index (χ3v) is 3.64. The molecule has 1 aliphatic rings. The van der Waals surface area contributed by atoms with Crippen LogP contribution in [0, 0.1) is 5.82 Å². The van der Waals surface area contributed by atoms with E-state index < -0.39 is 5.82 Å². The molecule has 2 rings (SSSR count). The summed E-state index contributed by atoms with van der Waals surface area (Å²) in [5.41, 5.74) is 0.0929. The predicted molar refractivity (Wildman–Crippen MR) is 76.4 cm³/mol. The van der Waals surface area contributed by atoms with E-state index in [2.05, 4.69) is 15.2 Å². The largest absolute Gasteiger partial charge is 0.368 e. The maximum atomic E-state index is 14.2. The Morgan fingerprint density at radius 2 is 2.35 bits per heavy atom. The number of halogens is 1. The Morgan fingerprint density at radius 1 is 1.60 bits per heavy atom. The number of carbonyl (C=O) groups is 1. The van der Waals surface area contributed by atoms with Gasteiger partial charge < -0.3 is 15.1 Å². The molecule has 0 bridgehead atoms. The second-order valence-corrected chi connectivity index (χ2v) is 5.21. The van der Waals surface area contributed by atoms with Crippen LogP contribution in [0.2, 0.25) is 0 Å². The van der Waals surface area contributed by atoms with Gasteiger partial charge in [-0.2, -0.15) is 0 Å². The zero-order valence-corrected chi connectivity index (χ0v) is 12.2. The quantitative estimate of drug-likeness (QED) is 0.906. The van der Waals surface area contributed by atoms with Crippen molar-refractivity contribution in [3.8, 4) is 0 Å². The van der Waals surface area contributed by atoms with Gasteiger partial charge in [0.2, 0.25) is 0 Å². The Bertz CT molecular complexity index is 492. The second kappa shape index (κ2) is 6.17. The molecule has 0 aliphatic carbocycles. The number of hydrogen-bond acceptors (Lipinski definition) is 4. The van der Waals surface area contributed by atoms with Gasteiger partial charge in [-0.3, -0.25) is 4.79 Å². The summed E-state index contributed by atoms with van der Waals surface area (Å²) in [6.07, 6.45) is 2.39. The minimum absolute atomic E-state index is 0.0929. The molecule has 6 heteroatoms. The Morgan fingerprint density at radius 3 is 2.95 bits per heavy atom. The van der Waals surface area contributed by atoms with Crippen LogP contribution in [0.5, 0.6) is 0 Å². The van der Waals surface area contributed by atoms with Gasteiger partial charge in [-0.1, -0.05) is 0 Å². The number of hydrogen-bond donors (Lipinski definition) is 1. The SMILES string of the molecule is CCNc1nccc(C(=O)N2CCC(N(C)C)C2)c1F. The maximum absolute atomic E-state index is 14.2. The van der Waals surface area contributed by atoms with Crippen molar-refractivity contribution in [2.75, 3.05) is 39.0 Å². The highest BCUT2D eigenvalue weighted by molar-refractivity contribution is 5.95. The van der Waals surface area contributed by atoms with Crippen molar-refractivity contribution in [2.24, 2.45) is 0 Å². The molecule has 1 fully saturated rings. The van der Waals surface area contributed by atoms with Gasteiger partial charge in [0.05, 0.1) is 5.56 Å². The van der Waals surface area contributed by atoms with E-state index in [-0.39, 0.29) is 17.3 Å². The zero-order chi connectivity index (χ0) is 14.7. The fourth-order valence-electron chi connectivity index (χ4n) is 2.42. The van der Waals surface area contributed by atoms with E-state index >= 15 is 0 Å². The van der Waals surface area contributed by atoms with Gasteiger partial charge in [-0.15, -0.1) is 0 Å². The van der Waals surface area contributed by atoms with Crippen molar-refractivity contribution >= 4 is 11.7 Å². The lowest BCUT2D eigenvalue weighted by Gasteiger charge is -2.20. The van der Waals surface area contributed by atoms with E-state index in [4.69, 9.17) is 0 Å². The maximum Gasteiger partial charge on any atom is 0.257 e. The summed E-state index contributed by atoms with van der Waals surface area (Å²) in [4.78, 5) is 20.1. The van der Waals surface area contributed by atoms with Crippen LogP contribution in [-0.2, 0) is 0 Å². The molecule has 0 radical (unpaired) electrons. The molecule has 0 aromatic carbocycles. The van der Waals surface area contributed by atoms with Crippen LogP contribution in [0.25, 0.3) is 0 Å². The highest BCUT2D eigenvalue weighted by atomic mass is 19.1. The first-order valence-corrected chi connectivity index (χ1v) is 6.88. The van der Waals surface area contributed by atoms with Crippen LogP contribution >= 0.6 is 0 Å². The van der Waals surface area contributed by atoms with Crippen molar-refractivity contribution in [2.45, 2.75) is 19.4 Å². The summed E-state index contributed by atoms with van der Waals surface area (Å²) in [5.74, 6) is -0.678. The van der Waals surface area contributed by atoms with Crippen LogP contribution in [0.15, 0.2) is 12.3 Å². The number of nitrogens with one attached hydrogen (secondary N) is 1. The van der Waals surface area contributed by atoms with Crippen molar-refractivity contribution in [3.63, 3.8) is 0 Å². The normalized spacial score (nSPS) is 18.6. The van der Waals surface area contributed by atoms with E-state index in [1.54, 1.807) is 4.90 Å². The van der Waals surface area contributed by atoms with Gasteiger partial charge in [0, 0.05) is 31.9 Å². The lowest BCUT2D eigenvalue weighted by molar-refractivity contribution is 0.0778. The average Bonchev–Trinajstić information content (AvgIpc) is 2.90. The fourth-order valence-corrected chi connectivity index (χ4v) is 2.42. The molecule has 20 heavy (non-hydrogen) atoms. The van der Waals surface area contributed by atoms with E-state index in [1.807, 2.05) is 21.0 Å². The molecular weight excluding hydrogens is 259 g/mol. The molecule has 1 atom stereocenters. The molecule has 1 aliphatic heterocycles. The number of aromatic nitrogens is 1. The number of rotatable bonds is 4. The summed E-state index contributed by atoms with van der Waals surface area (Å²) in [7, 11) is 3.99. The molecule has 110 valence electrons. The Balaban J connectivity index is 2.16. The van der Waals surface area contributed by atoms with Gasteiger partial charge in [0.15, 0.2) is 11.6 Å². The second-order valence-electron chi connectivity index (χ2n) is 5.21. The number of nitrogens with zero attached hydrogens (tertiary/aromatic N) is 3. The predicted octanol–water partition coefficient (Wildman–Crippen LogP) is 1.43. The van der Waals surface area contributed by atoms with Gasteiger partial charge in [0.1, 0.15) is 0 Å². The minimum Gasteiger partial charge on any atom is -0.368 e. The summed E-state index contributed by atoms with van der Waals surface area (Å²) < 4.78 is 14.2. The molecule has 1 aromatic heterocycles. The monoisotopic (exact) mass is 280 g/mol. The van der Waals surface area contributed by atoms with Gasteiger partial charge >= 0.3 is 0 Å². The first kappa shape index (κ1) is 14.7. The summed E-state index contributed by atoms with van der Waals surface area (Å²) in [6.45, 7) is 3.73. The number of likely N-dealkylation sites (N-methyl/N-ethyl adjacent to an activating group) is 1. The van der Waals surface area contributed by atoms with E-state index in [1.165, 1.54) is 12.3 Å². The summed E-state index contributed by atoms with van der Waals surface area (Å²) >= 11 is 0.